The second kappa shape index (κ2) is 7.24. The summed E-state index contributed by atoms with van der Waals surface area (Å²) in [4.78, 5) is 2.18. The molecular weight excluding hydrogens is 288 g/mol. The zero-order valence-electron chi connectivity index (χ0n) is 12.7. The molecule has 1 unspecified atom stereocenters. The third-order valence-corrected chi connectivity index (χ3v) is 5.53. The van der Waals surface area contributed by atoms with E-state index < -0.39 is 9.84 Å². The summed E-state index contributed by atoms with van der Waals surface area (Å²) in [6, 6.07) is 8.09. The Morgan fingerprint density at radius 2 is 2.24 bits per heavy atom. The lowest BCUT2D eigenvalue weighted by atomic mass is 10.2. The molecule has 0 radical (unpaired) electrons. The van der Waals surface area contributed by atoms with E-state index in [1.807, 2.05) is 32.2 Å². The van der Waals surface area contributed by atoms with Crippen LogP contribution in [0.3, 0.4) is 0 Å². The lowest BCUT2D eigenvalue weighted by Gasteiger charge is -2.32. The molecule has 1 atom stereocenters. The second-order valence-corrected chi connectivity index (χ2v) is 7.75. The third-order valence-electron chi connectivity index (χ3n) is 3.73. The number of hydrogen-bond acceptors (Lipinski definition) is 5. The fourth-order valence-electron chi connectivity index (χ4n) is 2.60. The predicted molar refractivity (Wildman–Crippen MR) is 84.4 cm³/mol. The Kier molecular flexibility index (Phi) is 5.61. The maximum atomic E-state index is 11.5. The van der Waals surface area contributed by atoms with E-state index in [0.29, 0.717) is 13.2 Å². The van der Waals surface area contributed by atoms with Crippen LogP contribution in [-0.4, -0.2) is 57.6 Å². The van der Waals surface area contributed by atoms with Crippen LogP contribution in [0, 0.1) is 0 Å². The van der Waals surface area contributed by atoms with Crippen molar-refractivity contribution in [2.24, 2.45) is 0 Å². The molecule has 0 amide bonds. The Hall–Kier alpha value is -1.11. The van der Waals surface area contributed by atoms with Crippen LogP contribution in [0.1, 0.15) is 12.5 Å². The van der Waals surface area contributed by atoms with Crippen LogP contribution in [0.25, 0.3) is 0 Å². The van der Waals surface area contributed by atoms with Crippen molar-refractivity contribution >= 4 is 9.84 Å². The number of ether oxygens (including phenoxy) is 1. The molecular formula is C15H24N2O3S. The maximum absolute atomic E-state index is 11.5. The maximum Gasteiger partial charge on any atom is 0.153 e. The first kappa shape index (κ1) is 16.3. The van der Waals surface area contributed by atoms with E-state index in [-0.39, 0.29) is 17.5 Å². The number of rotatable bonds is 6. The minimum Gasteiger partial charge on any atom is -0.492 e. The Balaban J connectivity index is 1.80. The molecule has 2 rings (SSSR count). The van der Waals surface area contributed by atoms with Crippen molar-refractivity contribution in [3.05, 3.63) is 29.8 Å². The van der Waals surface area contributed by atoms with Gasteiger partial charge in [0, 0.05) is 25.7 Å². The zero-order valence-corrected chi connectivity index (χ0v) is 13.5. The molecule has 0 saturated carbocycles. The van der Waals surface area contributed by atoms with Crippen molar-refractivity contribution in [3.63, 3.8) is 0 Å². The van der Waals surface area contributed by atoms with Gasteiger partial charge in [0.15, 0.2) is 9.84 Å². The molecule has 1 heterocycles. The largest absolute Gasteiger partial charge is 0.492 e. The van der Waals surface area contributed by atoms with E-state index in [0.717, 1.165) is 18.8 Å². The lowest BCUT2D eigenvalue weighted by molar-refractivity contribution is 0.179. The van der Waals surface area contributed by atoms with Gasteiger partial charge in [-0.2, -0.15) is 0 Å². The van der Waals surface area contributed by atoms with Crippen LogP contribution in [0.4, 0.5) is 0 Å². The van der Waals surface area contributed by atoms with Crippen molar-refractivity contribution in [1.82, 2.24) is 10.2 Å². The quantitative estimate of drug-likeness (QED) is 0.846. The molecule has 1 aromatic rings. The topological polar surface area (TPSA) is 58.6 Å². The monoisotopic (exact) mass is 312 g/mol. The second-order valence-electron chi connectivity index (χ2n) is 5.53. The number of hydrogen-bond donors (Lipinski definition) is 1. The average Bonchev–Trinajstić information content (AvgIpc) is 2.41. The summed E-state index contributed by atoms with van der Waals surface area (Å²) in [5, 5.41) is 3.11. The summed E-state index contributed by atoms with van der Waals surface area (Å²) in [6.07, 6.45) is 0. The van der Waals surface area contributed by atoms with Gasteiger partial charge in [0.1, 0.15) is 12.4 Å². The molecule has 0 aliphatic carbocycles. The van der Waals surface area contributed by atoms with E-state index in [1.54, 1.807) is 0 Å². The number of sulfone groups is 1. The normalized spacial score (nSPS) is 22.1. The van der Waals surface area contributed by atoms with Gasteiger partial charge < -0.3 is 10.1 Å². The molecule has 1 aromatic carbocycles. The standard InChI is InChI=1S/C15H24N2O3S/c1-13-12-21(18,19)9-7-17(13)6-8-20-15-5-3-4-14(10-15)11-16-2/h3-5,10,13,16H,6-9,11-12H2,1-2H3. The summed E-state index contributed by atoms with van der Waals surface area (Å²) >= 11 is 0. The minimum atomic E-state index is -2.84. The average molecular weight is 312 g/mol. The molecule has 1 fully saturated rings. The van der Waals surface area contributed by atoms with E-state index in [4.69, 9.17) is 4.74 Å². The highest BCUT2D eigenvalue weighted by atomic mass is 32.2. The first-order valence-corrected chi connectivity index (χ1v) is 9.13. The van der Waals surface area contributed by atoms with Crippen LogP contribution < -0.4 is 10.1 Å². The summed E-state index contributed by atoms with van der Waals surface area (Å²) in [7, 11) is -0.927. The highest BCUT2D eigenvalue weighted by Gasteiger charge is 2.27. The number of nitrogens with zero attached hydrogens (tertiary/aromatic N) is 1. The van der Waals surface area contributed by atoms with Crippen molar-refractivity contribution in [3.8, 4) is 5.75 Å². The van der Waals surface area contributed by atoms with Gasteiger partial charge in [0.25, 0.3) is 0 Å². The van der Waals surface area contributed by atoms with Crippen LogP contribution in [0.2, 0.25) is 0 Å². The zero-order chi connectivity index (χ0) is 15.3. The summed E-state index contributed by atoms with van der Waals surface area (Å²) < 4.78 is 28.9. The smallest absolute Gasteiger partial charge is 0.153 e. The number of benzene rings is 1. The molecule has 6 heteroatoms. The molecule has 0 bridgehead atoms. The van der Waals surface area contributed by atoms with E-state index >= 15 is 0 Å². The van der Waals surface area contributed by atoms with Crippen molar-refractivity contribution < 1.29 is 13.2 Å². The van der Waals surface area contributed by atoms with E-state index in [9.17, 15) is 8.42 Å². The van der Waals surface area contributed by atoms with Gasteiger partial charge in [-0.15, -0.1) is 0 Å². The van der Waals surface area contributed by atoms with Crippen LogP contribution in [0.5, 0.6) is 5.75 Å². The number of nitrogens with one attached hydrogen (secondary N) is 1. The van der Waals surface area contributed by atoms with Crippen LogP contribution in [-0.2, 0) is 16.4 Å². The Labute approximate surface area is 127 Å². The Morgan fingerprint density at radius 1 is 1.43 bits per heavy atom. The van der Waals surface area contributed by atoms with Gasteiger partial charge >= 0.3 is 0 Å². The van der Waals surface area contributed by atoms with Gasteiger partial charge in [-0.1, -0.05) is 12.1 Å². The highest BCUT2D eigenvalue weighted by molar-refractivity contribution is 7.91. The lowest BCUT2D eigenvalue weighted by Crippen LogP contribution is -2.48. The molecule has 1 N–H and O–H groups in total. The molecule has 0 spiro atoms. The third kappa shape index (κ3) is 4.98. The van der Waals surface area contributed by atoms with Gasteiger partial charge in [-0.3, -0.25) is 4.90 Å². The van der Waals surface area contributed by atoms with Gasteiger partial charge in [0.05, 0.1) is 11.5 Å². The van der Waals surface area contributed by atoms with E-state index in [1.165, 1.54) is 5.56 Å². The fraction of sp³-hybridized carbons (Fsp3) is 0.600. The molecule has 1 aliphatic heterocycles. The molecule has 5 nitrogen and oxygen atoms in total. The highest BCUT2D eigenvalue weighted by Crippen LogP contribution is 2.14. The van der Waals surface area contributed by atoms with Crippen LogP contribution in [0.15, 0.2) is 24.3 Å². The van der Waals surface area contributed by atoms with Crippen molar-refractivity contribution in [2.75, 3.05) is 38.2 Å². The van der Waals surface area contributed by atoms with E-state index in [2.05, 4.69) is 16.3 Å². The molecule has 0 aromatic heterocycles. The SMILES string of the molecule is CNCc1cccc(OCCN2CCS(=O)(=O)CC2C)c1. The first-order chi connectivity index (χ1) is 10.00. The molecule has 118 valence electrons. The molecule has 1 saturated heterocycles. The van der Waals surface area contributed by atoms with Gasteiger partial charge in [-0.05, 0) is 31.7 Å². The first-order valence-electron chi connectivity index (χ1n) is 7.31. The summed E-state index contributed by atoms with van der Waals surface area (Å²) in [5.74, 6) is 1.37. The summed E-state index contributed by atoms with van der Waals surface area (Å²) in [5.41, 5.74) is 1.19. The van der Waals surface area contributed by atoms with Crippen LogP contribution >= 0.6 is 0 Å². The van der Waals surface area contributed by atoms with Crippen molar-refractivity contribution in [1.29, 1.82) is 0 Å². The molecule has 1 aliphatic rings. The summed E-state index contributed by atoms with van der Waals surface area (Å²) in [6.45, 7) is 4.72. The predicted octanol–water partition coefficient (Wildman–Crippen LogP) is 0.904. The van der Waals surface area contributed by atoms with Gasteiger partial charge in [-0.25, -0.2) is 8.42 Å². The Morgan fingerprint density at radius 3 is 2.95 bits per heavy atom. The van der Waals surface area contributed by atoms with Gasteiger partial charge in [0.2, 0.25) is 0 Å². The molecule has 21 heavy (non-hydrogen) atoms. The fourth-order valence-corrected chi connectivity index (χ4v) is 4.22. The minimum absolute atomic E-state index is 0.0722. The van der Waals surface area contributed by atoms with Crippen molar-refractivity contribution in [2.45, 2.75) is 19.5 Å². The Bertz CT molecular complexity index is 560.